The lowest BCUT2D eigenvalue weighted by atomic mass is 10.2. The lowest BCUT2D eigenvalue weighted by Gasteiger charge is -2.34. The van der Waals surface area contributed by atoms with Crippen molar-refractivity contribution in [3.8, 4) is 0 Å². The van der Waals surface area contributed by atoms with Crippen LogP contribution >= 0.6 is 23.2 Å². The molecular weight excluding hydrogens is 377 g/mol. The van der Waals surface area contributed by atoms with Crippen molar-refractivity contribution in [1.82, 2.24) is 19.8 Å². The fourth-order valence-corrected chi connectivity index (χ4v) is 2.91. The average molecular weight is 394 g/mol. The molecule has 0 spiro atoms. The summed E-state index contributed by atoms with van der Waals surface area (Å²) in [5.41, 5.74) is 1.10. The summed E-state index contributed by atoms with van der Waals surface area (Å²) in [4.78, 5) is 35.6. The predicted molar refractivity (Wildman–Crippen MR) is 99.9 cm³/mol. The highest BCUT2D eigenvalue weighted by atomic mass is 35.5. The molecule has 1 N–H and O–H groups in total. The zero-order valence-corrected chi connectivity index (χ0v) is 15.6. The van der Waals surface area contributed by atoms with Gasteiger partial charge in [0, 0.05) is 51.2 Å². The van der Waals surface area contributed by atoms with E-state index in [1.54, 1.807) is 28.0 Å². The second-order valence-corrected chi connectivity index (χ2v) is 6.66. The van der Waals surface area contributed by atoms with E-state index in [-0.39, 0.29) is 11.8 Å². The summed E-state index contributed by atoms with van der Waals surface area (Å²) in [5.74, 6) is 0.230. The first-order chi connectivity index (χ1) is 12.4. The Morgan fingerprint density at radius 1 is 1.00 bits per heavy atom. The maximum atomic E-state index is 12.5. The van der Waals surface area contributed by atoms with Crippen LogP contribution in [0.5, 0.6) is 0 Å². The number of halogens is 2. The Bertz CT molecular complexity index is 820. The molecule has 0 atom stereocenters. The SMILES string of the molecule is CC(=O)N1CCN(C(=O)c2cnc(Nc3ccc(Cl)c(Cl)c3)nc2)CC1. The zero-order chi connectivity index (χ0) is 18.7. The quantitative estimate of drug-likeness (QED) is 0.866. The highest BCUT2D eigenvalue weighted by molar-refractivity contribution is 6.42. The van der Waals surface area contributed by atoms with Crippen LogP contribution < -0.4 is 5.32 Å². The first-order valence-electron chi connectivity index (χ1n) is 8.03. The molecule has 1 aliphatic heterocycles. The number of aromatic nitrogens is 2. The minimum absolute atomic E-state index is 0.0261. The zero-order valence-electron chi connectivity index (χ0n) is 14.1. The molecule has 0 aliphatic carbocycles. The van der Waals surface area contributed by atoms with E-state index in [4.69, 9.17) is 23.2 Å². The topological polar surface area (TPSA) is 78.4 Å². The van der Waals surface area contributed by atoms with E-state index in [1.165, 1.54) is 19.3 Å². The van der Waals surface area contributed by atoms with Gasteiger partial charge in [0.15, 0.2) is 0 Å². The van der Waals surface area contributed by atoms with Gasteiger partial charge in [-0.25, -0.2) is 9.97 Å². The van der Waals surface area contributed by atoms with Gasteiger partial charge in [-0.3, -0.25) is 9.59 Å². The maximum absolute atomic E-state index is 12.5. The molecule has 1 saturated heterocycles. The van der Waals surface area contributed by atoms with Crippen molar-refractivity contribution in [3.05, 3.63) is 46.2 Å². The van der Waals surface area contributed by atoms with Crippen LogP contribution in [0.3, 0.4) is 0 Å². The second-order valence-electron chi connectivity index (χ2n) is 5.85. The molecular formula is C17H17Cl2N5O2. The Balaban J connectivity index is 1.63. The molecule has 0 unspecified atom stereocenters. The third kappa shape index (κ3) is 4.23. The third-order valence-corrected chi connectivity index (χ3v) is 4.83. The van der Waals surface area contributed by atoms with Crippen LogP contribution in [0, 0.1) is 0 Å². The first-order valence-corrected chi connectivity index (χ1v) is 8.78. The summed E-state index contributed by atoms with van der Waals surface area (Å²) in [6.45, 7) is 3.62. The Morgan fingerprint density at radius 2 is 1.62 bits per heavy atom. The number of hydrogen-bond acceptors (Lipinski definition) is 5. The number of nitrogens with zero attached hydrogens (tertiary/aromatic N) is 4. The molecule has 26 heavy (non-hydrogen) atoms. The van der Waals surface area contributed by atoms with Crippen LogP contribution in [0.2, 0.25) is 10.0 Å². The monoisotopic (exact) mass is 393 g/mol. The second kappa shape index (κ2) is 7.88. The lowest BCUT2D eigenvalue weighted by molar-refractivity contribution is -0.130. The van der Waals surface area contributed by atoms with E-state index < -0.39 is 0 Å². The van der Waals surface area contributed by atoms with Crippen LogP contribution in [-0.2, 0) is 4.79 Å². The van der Waals surface area contributed by atoms with Gasteiger partial charge in [0.1, 0.15) is 0 Å². The lowest BCUT2D eigenvalue weighted by Crippen LogP contribution is -2.50. The molecule has 136 valence electrons. The van der Waals surface area contributed by atoms with Crippen molar-refractivity contribution in [2.45, 2.75) is 6.92 Å². The smallest absolute Gasteiger partial charge is 0.257 e. The summed E-state index contributed by atoms with van der Waals surface area (Å²) in [5, 5.41) is 3.89. The molecule has 3 rings (SSSR count). The van der Waals surface area contributed by atoms with Crippen LogP contribution in [0.25, 0.3) is 0 Å². The molecule has 2 amide bonds. The third-order valence-electron chi connectivity index (χ3n) is 4.09. The Hall–Kier alpha value is -2.38. The van der Waals surface area contributed by atoms with Gasteiger partial charge in [0.25, 0.3) is 5.91 Å². The Kier molecular flexibility index (Phi) is 5.58. The van der Waals surface area contributed by atoms with E-state index in [2.05, 4.69) is 15.3 Å². The minimum Gasteiger partial charge on any atom is -0.339 e. The van der Waals surface area contributed by atoms with Gasteiger partial charge in [-0.15, -0.1) is 0 Å². The van der Waals surface area contributed by atoms with Gasteiger partial charge in [-0.1, -0.05) is 23.2 Å². The number of anilines is 2. The van der Waals surface area contributed by atoms with E-state index in [9.17, 15) is 9.59 Å². The molecule has 9 heteroatoms. The highest BCUT2D eigenvalue weighted by Crippen LogP contribution is 2.26. The molecule has 7 nitrogen and oxygen atoms in total. The van der Waals surface area contributed by atoms with Crippen LogP contribution in [0.15, 0.2) is 30.6 Å². The molecule has 1 fully saturated rings. The molecule has 2 heterocycles. The number of benzene rings is 1. The molecule has 0 bridgehead atoms. The summed E-state index contributed by atoms with van der Waals surface area (Å²) >= 11 is 11.9. The highest BCUT2D eigenvalue weighted by Gasteiger charge is 2.23. The maximum Gasteiger partial charge on any atom is 0.257 e. The van der Waals surface area contributed by atoms with Crippen LogP contribution in [-0.4, -0.2) is 57.8 Å². The van der Waals surface area contributed by atoms with Crippen molar-refractivity contribution in [3.63, 3.8) is 0 Å². The fraction of sp³-hybridized carbons (Fsp3) is 0.294. The molecule has 2 aromatic rings. The van der Waals surface area contributed by atoms with E-state index in [0.717, 1.165) is 0 Å². The van der Waals surface area contributed by atoms with Gasteiger partial charge in [0.2, 0.25) is 11.9 Å². The number of amides is 2. The van der Waals surface area contributed by atoms with Crippen LogP contribution in [0.1, 0.15) is 17.3 Å². The van der Waals surface area contributed by atoms with Crippen LogP contribution in [0.4, 0.5) is 11.6 Å². The average Bonchev–Trinajstić information content (AvgIpc) is 2.65. The normalized spacial score (nSPS) is 14.3. The summed E-state index contributed by atoms with van der Waals surface area (Å²) in [7, 11) is 0. The van der Waals surface area contributed by atoms with Gasteiger partial charge < -0.3 is 15.1 Å². The summed E-state index contributed by atoms with van der Waals surface area (Å²) in [6, 6.07) is 5.09. The Labute approximate surface area is 160 Å². The van der Waals surface area contributed by atoms with Gasteiger partial charge in [-0.05, 0) is 18.2 Å². The number of hydrogen-bond donors (Lipinski definition) is 1. The molecule has 0 saturated carbocycles. The Morgan fingerprint density at radius 3 is 2.19 bits per heavy atom. The van der Waals surface area contributed by atoms with E-state index in [1.807, 2.05) is 0 Å². The molecule has 1 aromatic heterocycles. The van der Waals surface area contributed by atoms with Crippen molar-refractivity contribution >= 4 is 46.7 Å². The number of carbonyl (C=O) groups is 2. The standard InChI is InChI=1S/C17H17Cl2N5O2/c1-11(25)23-4-6-24(7-5-23)16(26)12-9-20-17(21-10-12)22-13-2-3-14(18)15(19)8-13/h2-3,8-10H,4-7H2,1H3,(H,20,21,22). The summed E-state index contributed by atoms with van der Waals surface area (Å²) in [6.07, 6.45) is 2.96. The molecule has 1 aliphatic rings. The van der Waals surface area contributed by atoms with Crippen molar-refractivity contribution < 1.29 is 9.59 Å². The van der Waals surface area contributed by atoms with Crippen molar-refractivity contribution in [2.75, 3.05) is 31.5 Å². The van der Waals surface area contributed by atoms with Gasteiger partial charge in [0.05, 0.1) is 15.6 Å². The first kappa shape index (κ1) is 18.4. The molecule has 0 radical (unpaired) electrons. The number of carbonyl (C=O) groups excluding carboxylic acids is 2. The predicted octanol–water partition coefficient (Wildman–Crippen LogP) is 2.83. The largest absolute Gasteiger partial charge is 0.339 e. The van der Waals surface area contributed by atoms with Crippen molar-refractivity contribution in [1.29, 1.82) is 0 Å². The number of rotatable bonds is 3. The minimum atomic E-state index is -0.144. The van der Waals surface area contributed by atoms with E-state index in [0.29, 0.717) is 53.4 Å². The number of nitrogens with one attached hydrogen (secondary N) is 1. The summed E-state index contributed by atoms with van der Waals surface area (Å²) < 4.78 is 0. The molecule has 1 aromatic carbocycles. The van der Waals surface area contributed by atoms with Gasteiger partial charge >= 0.3 is 0 Å². The van der Waals surface area contributed by atoms with Gasteiger partial charge in [-0.2, -0.15) is 0 Å². The van der Waals surface area contributed by atoms with Crippen molar-refractivity contribution in [2.24, 2.45) is 0 Å². The number of piperazine rings is 1. The fourth-order valence-electron chi connectivity index (χ4n) is 2.61. The van der Waals surface area contributed by atoms with E-state index >= 15 is 0 Å².